The number of methoxy groups -OCH3 is 1. The largest absolute Gasteiger partial charge is 0.457 e. The van der Waals surface area contributed by atoms with Gasteiger partial charge in [-0.15, -0.1) is 0 Å². The highest BCUT2D eigenvalue weighted by Crippen LogP contribution is 2.49. The number of nitrogens with zero attached hydrogens (tertiary/aromatic N) is 2. The van der Waals surface area contributed by atoms with E-state index < -0.39 is 65.7 Å². The van der Waals surface area contributed by atoms with Crippen LogP contribution in [0.4, 0.5) is 4.79 Å². The second kappa shape index (κ2) is 16.5. The van der Waals surface area contributed by atoms with Crippen LogP contribution in [0.3, 0.4) is 0 Å². The number of hydrogen-bond donors (Lipinski definition) is 3. The molecular formula is C39H68N4O9. The first-order chi connectivity index (χ1) is 24.5. The van der Waals surface area contributed by atoms with E-state index in [-0.39, 0.29) is 35.4 Å². The summed E-state index contributed by atoms with van der Waals surface area (Å²) in [6, 6.07) is -0.925. The number of ketones is 1. The number of amides is 1. The number of likely N-dealkylation sites (N-methyl/N-ethyl adjacent to an activating group) is 1. The van der Waals surface area contributed by atoms with Crippen molar-refractivity contribution in [1.29, 1.82) is 0 Å². The van der Waals surface area contributed by atoms with Crippen LogP contribution >= 0.6 is 0 Å². The van der Waals surface area contributed by atoms with Gasteiger partial charge in [-0.1, -0.05) is 34.1 Å². The smallest absolute Gasteiger partial charge is 0.408 e. The molecule has 1 aliphatic carbocycles. The summed E-state index contributed by atoms with van der Waals surface area (Å²) in [5.74, 6) is -2.98. The van der Waals surface area contributed by atoms with Crippen LogP contribution in [-0.2, 0) is 33.3 Å². The first kappa shape index (κ1) is 41.3. The van der Waals surface area contributed by atoms with E-state index in [1.807, 2.05) is 46.7 Å². The number of carbonyl (C=O) groups is 3. The summed E-state index contributed by atoms with van der Waals surface area (Å²) in [7, 11) is 5.54. The Morgan fingerprint density at radius 1 is 1.06 bits per heavy atom. The van der Waals surface area contributed by atoms with E-state index >= 15 is 0 Å². The number of fused-ring (bicyclic) bond motifs is 1. The number of esters is 1. The highest BCUT2D eigenvalue weighted by atomic mass is 16.7. The van der Waals surface area contributed by atoms with Crippen LogP contribution < -0.4 is 10.6 Å². The third-order valence-corrected chi connectivity index (χ3v) is 13.3. The molecule has 0 radical (unpaired) electrons. The minimum Gasteiger partial charge on any atom is -0.457 e. The van der Waals surface area contributed by atoms with Crippen molar-refractivity contribution in [1.82, 2.24) is 20.4 Å². The topological polar surface area (TPSA) is 148 Å². The van der Waals surface area contributed by atoms with Gasteiger partial charge in [-0.25, -0.2) is 4.79 Å². The van der Waals surface area contributed by atoms with Crippen LogP contribution in [0.5, 0.6) is 0 Å². The Labute approximate surface area is 311 Å². The van der Waals surface area contributed by atoms with Crippen LogP contribution in [0.15, 0.2) is 0 Å². The molecule has 4 saturated heterocycles. The van der Waals surface area contributed by atoms with Gasteiger partial charge in [-0.2, -0.15) is 0 Å². The van der Waals surface area contributed by atoms with Crippen molar-refractivity contribution >= 4 is 17.8 Å². The SMILES string of the molecule is CC[C@H]1OC(=O)C(C)C(=O)[C@H](C)[C@@H](OC2OC(CN3CCCCC34CC4)CC(N(C)C)C2O)[C@](C)(OC)C[C@@H](C)CN[C@H](C)[C@H]2NC(=O)O[C@@]21CC. The summed E-state index contributed by atoms with van der Waals surface area (Å²) >= 11 is 0. The van der Waals surface area contributed by atoms with Gasteiger partial charge in [0.05, 0.1) is 23.9 Å². The molecule has 0 aromatic heterocycles. The molecule has 3 N–H and O–H groups in total. The lowest BCUT2D eigenvalue weighted by atomic mass is 9.78. The molecule has 298 valence electrons. The predicted molar refractivity (Wildman–Crippen MR) is 196 cm³/mol. The van der Waals surface area contributed by atoms with Crippen molar-refractivity contribution in [3.63, 3.8) is 0 Å². The Bertz CT molecular complexity index is 1270. The molecule has 5 rings (SSSR count). The first-order valence-corrected chi connectivity index (χ1v) is 20.0. The predicted octanol–water partition coefficient (Wildman–Crippen LogP) is 3.64. The lowest BCUT2D eigenvalue weighted by Gasteiger charge is -2.48. The zero-order valence-corrected chi connectivity index (χ0v) is 33.4. The molecule has 13 nitrogen and oxygen atoms in total. The number of hydrogen-bond acceptors (Lipinski definition) is 12. The van der Waals surface area contributed by atoms with E-state index in [0.717, 1.165) is 13.1 Å². The van der Waals surface area contributed by atoms with Gasteiger partial charge in [0.1, 0.15) is 18.1 Å². The van der Waals surface area contributed by atoms with E-state index in [4.69, 9.17) is 23.7 Å². The molecule has 1 spiro atoms. The molecule has 0 aromatic carbocycles. The maximum atomic E-state index is 14.4. The maximum Gasteiger partial charge on any atom is 0.408 e. The molecule has 5 unspecified atom stereocenters. The van der Waals surface area contributed by atoms with Crippen LogP contribution in [-0.4, -0.2) is 139 Å². The molecule has 1 saturated carbocycles. The Balaban J connectivity index is 1.46. The molecule has 13 atom stereocenters. The van der Waals surface area contributed by atoms with E-state index in [1.54, 1.807) is 21.0 Å². The summed E-state index contributed by atoms with van der Waals surface area (Å²) < 4.78 is 31.9. The van der Waals surface area contributed by atoms with E-state index in [1.165, 1.54) is 32.1 Å². The number of alkyl carbamates (subject to hydrolysis) is 1. The fourth-order valence-electron chi connectivity index (χ4n) is 9.85. The Morgan fingerprint density at radius 2 is 1.77 bits per heavy atom. The minimum absolute atomic E-state index is 0.0329. The monoisotopic (exact) mass is 736 g/mol. The number of aliphatic hydroxyl groups is 1. The van der Waals surface area contributed by atoms with Crippen LogP contribution in [0.25, 0.3) is 0 Å². The standard InChI is InChI=1S/C39H68N4O9/c1-11-29-39(12-2)32(41-36(47)52-39)26(6)40-21-23(3)20-37(7,48-10)33(24(4)30(44)25(5)34(46)50-29)51-35-31(45)28(42(8)9)19-27(49-35)22-43-18-14-13-15-38(43)16-17-38/h23-29,31-33,35,40,45H,11-22H2,1-10H3,(H,41,47)/t23-,24+,25?,26-,27?,28?,29-,31?,32-,33-,35?,37-,39-/m1/s1. The van der Waals surface area contributed by atoms with Crippen molar-refractivity contribution in [2.24, 2.45) is 17.8 Å². The van der Waals surface area contributed by atoms with Gasteiger partial charge >= 0.3 is 12.1 Å². The van der Waals surface area contributed by atoms with Crippen LogP contribution in [0.1, 0.15) is 106 Å². The maximum absolute atomic E-state index is 14.4. The van der Waals surface area contributed by atoms with Crippen molar-refractivity contribution in [2.75, 3.05) is 40.8 Å². The van der Waals surface area contributed by atoms with Crippen molar-refractivity contribution in [3.05, 3.63) is 0 Å². The molecule has 5 aliphatic rings. The molecule has 1 amide bonds. The number of carbonyl (C=O) groups excluding carboxylic acids is 3. The number of piperidine rings is 1. The van der Waals surface area contributed by atoms with Crippen LogP contribution in [0.2, 0.25) is 0 Å². The zero-order chi connectivity index (χ0) is 38.2. The summed E-state index contributed by atoms with van der Waals surface area (Å²) in [5, 5.41) is 18.4. The Hall–Kier alpha value is -1.87. The number of Topliss-reactive ketones (excluding diaryl/α,β-unsaturated/α-hetero) is 1. The average Bonchev–Trinajstić information content (AvgIpc) is 3.80. The molecule has 13 heteroatoms. The first-order valence-electron chi connectivity index (χ1n) is 20.0. The minimum atomic E-state index is -1.14. The molecule has 5 fully saturated rings. The summed E-state index contributed by atoms with van der Waals surface area (Å²) in [4.78, 5) is 45.6. The average molecular weight is 737 g/mol. The van der Waals surface area contributed by atoms with Gasteiger partial charge in [-0.3, -0.25) is 14.5 Å². The third kappa shape index (κ3) is 8.21. The summed E-state index contributed by atoms with van der Waals surface area (Å²) in [6.07, 6.45) is 3.70. The molecular weight excluding hydrogens is 668 g/mol. The molecule has 4 aliphatic heterocycles. The Kier molecular flexibility index (Phi) is 13.1. The molecule has 0 bridgehead atoms. The van der Waals surface area contributed by atoms with E-state index in [2.05, 4.69) is 22.5 Å². The number of cyclic esters (lactones) is 1. The highest BCUT2D eigenvalue weighted by molar-refractivity contribution is 6.00. The Morgan fingerprint density at radius 3 is 2.38 bits per heavy atom. The van der Waals surface area contributed by atoms with Crippen molar-refractivity contribution < 1.29 is 43.2 Å². The zero-order valence-electron chi connectivity index (χ0n) is 33.4. The number of aliphatic hydroxyl groups excluding tert-OH is 1. The molecule has 0 aromatic rings. The fourth-order valence-corrected chi connectivity index (χ4v) is 9.85. The lowest BCUT2D eigenvalue weighted by Crippen LogP contribution is -2.61. The number of likely N-dealkylation sites (tertiary alicyclic amines) is 1. The second-order valence-corrected chi connectivity index (χ2v) is 17.2. The summed E-state index contributed by atoms with van der Waals surface area (Å²) in [5.41, 5.74) is -1.83. The normalized spacial score (nSPS) is 43.6. The highest BCUT2D eigenvalue weighted by Gasteiger charge is 2.57. The number of nitrogens with one attached hydrogen (secondary N) is 2. The van der Waals surface area contributed by atoms with E-state index in [9.17, 15) is 19.5 Å². The lowest BCUT2D eigenvalue weighted by molar-refractivity contribution is -0.299. The van der Waals surface area contributed by atoms with Crippen molar-refractivity contribution in [2.45, 2.75) is 172 Å². The van der Waals surface area contributed by atoms with Gasteiger partial charge in [0, 0.05) is 37.2 Å². The van der Waals surface area contributed by atoms with Gasteiger partial charge in [0.2, 0.25) is 0 Å². The van der Waals surface area contributed by atoms with Gasteiger partial charge in [-0.05, 0) is 105 Å². The number of ether oxygens (including phenoxy) is 5. The van der Waals surface area contributed by atoms with Gasteiger partial charge in [0.15, 0.2) is 17.7 Å². The second-order valence-electron chi connectivity index (χ2n) is 17.2. The quantitative estimate of drug-likeness (QED) is 0.247. The fraction of sp³-hybridized carbons (Fsp3) is 0.923. The van der Waals surface area contributed by atoms with Gasteiger partial charge < -0.3 is 44.3 Å². The van der Waals surface area contributed by atoms with Crippen molar-refractivity contribution in [3.8, 4) is 0 Å². The summed E-state index contributed by atoms with van der Waals surface area (Å²) in [6.45, 7) is 15.5. The molecule has 4 heterocycles. The van der Waals surface area contributed by atoms with E-state index in [0.29, 0.717) is 32.2 Å². The molecule has 52 heavy (non-hydrogen) atoms. The third-order valence-electron chi connectivity index (χ3n) is 13.3. The number of rotatable bonds is 8. The van der Waals surface area contributed by atoms with Gasteiger partial charge in [0.25, 0.3) is 0 Å². The van der Waals surface area contributed by atoms with Crippen LogP contribution in [0, 0.1) is 17.8 Å².